The summed E-state index contributed by atoms with van der Waals surface area (Å²) in [6.45, 7) is 5.09. The Labute approximate surface area is 101 Å². The van der Waals surface area contributed by atoms with Crippen LogP contribution in [0.3, 0.4) is 0 Å². The van der Waals surface area contributed by atoms with Gasteiger partial charge in [-0.25, -0.2) is 4.98 Å². The monoisotopic (exact) mass is 233 g/mol. The quantitative estimate of drug-likeness (QED) is 0.878. The maximum atomic E-state index is 5.72. The number of nitrogens with two attached hydrogens (primary N) is 1. The average Bonchev–Trinajstić information content (AvgIpc) is 2.64. The third-order valence-electron chi connectivity index (χ3n) is 2.85. The van der Waals surface area contributed by atoms with Crippen LogP contribution in [0.15, 0.2) is 18.2 Å². The second kappa shape index (κ2) is 4.85. The minimum Gasteiger partial charge on any atom is -0.371 e. The van der Waals surface area contributed by atoms with E-state index in [1.165, 1.54) is 0 Å². The molecule has 2 rings (SSSR count). The van der Waals surface area contributed by atoms with E-state index in [9.17, 15) is 0 Å². The fraction of sp³-hybridized carbons (Fsp3) is 0.462. The van der Waals surface area contributed by atoms with Crippen LogP contribution in [-0.4, -0.2) is 15.7 Å². The maximum Gasteiger partial charge on any atom is 0.135 e. The molecule has 17 heavy (non-hydrogen) atoms. The molecule has 4 nitrogen and oxygen atoms in total. The van der Waals surface area contributed by atoms with Crippen LogP contribution in [0.2, 0.25) is 0 Å². The number of fused-ring (bicyclic) bond motifs is 1. The summed E-state index contributed by atoms with van der Waals surface area (Å²) < 4.78 is 7.66. The van der Waals surface area contributed by atoms with Gasteiger partial charge in [-0.2, -0.15) is 0 Å². The van der Waals surface area contributed by atoms with E-state index in [1.807, 2.05) is 33.0 Å². The molecule has 4 heteroatoms. The molecule has 0 amide bonds. The highest BCUT2D eigenvalue weighted by atomic mass is 16.5. The van der Waals surface area contributed by atoms with Crippen LogP contribution in [0.4, 0.5) is 0 Å². The van der Waals surface area contributed by atoms with Crippen LogP contribution in [-0.2, 0) is 24.9 Å². The van der Waals surface area contributed by atoms with E-state index in [0.29, 0.717) is 13.2 Å². The summed E-state index contributed by atoms with van der Waals surface area (Å²) in [5.41, 5.74) is 8.89. The van der Waals surface area contributed by atoms with Crippen molar-refractivity contribution in [2.45, 2.75) is 33.1 Å². The normalized spacial score (nSPS) is 11.6. The SMILES string of the molecule is CC(C)OCc1nc2c(CN)cccc2n1C. The van der Waals surface area contributed by atoms with Gasteiger partial charge in [-0.3, -0.25) is 0 Å². The highest BCUT2D eigenvalue weighted by Gasteiger charge is 2.10. The molecule has 1 aromatic carbocycles. The van der Waals surface area contributed by atoms with Crippen molar-refractivity contribution in [1.29, 1.82) is 0 Å². The Bertz CT molecular complexity index is 517. The summed E-state index contributed by atoms with van der Waals surface area (Å²) in [4.78, 5) is 4.61. The standard InChI is InChI=1S/C13H19N3O/c1-9(2)17-8-12-15-13-10(7-14)5-4-6-11(13)16(12)3/h4-6,9H,7-8,14H2,1-3H3. The van der Waals surface area contributed by atoms with E-state index < -0.39 is 0 Å². The van der Waals surface area contributed by atoms with Crippen LogP contribution in [0, 0.1) is 0 Å². The van der Waals surface area contributed by atoms with Crippen LogP contribution in [0.25, 0.3) is 11.0 Å². The lowest BCUT2D eigenvalue weighted by molar-refractivity contribution is 0.0602. The third-order valence-corrected chi connectivity index (χ3v) is 2.85. The predicted molar refractivity (Wildman–Crippen MR) is 68.5 cm³/mol. The number of hydrogen-bond acceptors (Lipinski definition) is 3. The van der Waals surface area contributed by atoms with Gasteiger partial charge in [0.15, 0.2) is 0 Å². The second-order valence-corrected chi connectivity index (χ2v) is 4.44. The molecule has 1 heterocycles. The predicted octanol–water partition coefficient (Wildman–Crippen LogP) is 1.96. The lowest BCUT2D eigenvalue weighted by Gasteiger charge is -2.06. The molecule has 92 valence electrons. The molecule has 2 aromatic rings. The largest absolute Gasteiger partial charge is 0.371 e. The van der Waals surface area contributed by atoms with Crippen molar-refractivity contribution in [3.05, 3.63) is 29.6 Å². The average molecular weight is 233 g/mol. The number of para-hydroxylation sites is 1. The fourth-order valence-electron chi connectivity index (χ4n) is 1.86. The van der Waals surface area contributed by atoms with Crippen LogP contribution in [0.1, 0.15) is 25.2 Å². The van der Waals surface area contributed by atoms with Crippen molar-refractivity contribution in [1.82, 2.24) is 9.55 Å². The zero-order valence-electron chi connectivity index (χ0n) is 10.6. The van der Waals surface area contributed by atoms with Gasteiger partial charge in [0.05, 0.1) is 17.1 Å². The third kappa shape index (κ3) is 2.33. The summed E-state index contributed by atoms with van der Waals surface area (Å²) in [6.07, 6.45) is 0.212. The summed E-state index contributed by atoms with van der Waals surface area (Å²) >= 11 is 0. The molecule has 0 radical (unpaired) electrons. The Balaban J connectivity index is 2.41. The van der Waals surface area contributed by atoms with E-state index in [0.717, 1.165) is 22.4 Å². The summed E-state index contributed by atoms with van der Waals surface area (Å²) in [7, 11) is 2.01. The lowest BCUT2D eigenvalue weighted by Crippen LogP contribution is -2.06. The Hall–Kier alpha value is -1.39. The highest BCUT2D eigenvalue weighted by Crippen LogP contribution is 2.19. The molecule has 0 spiro atoms. The van der Waals surface area contributed by atoms with Crippen molar-refractivity contribution in [3.63, 3.8) is 0 Å². The van der Waals surface area contributed by atoms with Gasteiger partial charge in [-0.15, -0.1) is 0 Å². The van der Waals surface area contributed by atoms with Gasteiger partial charge < -0.3 is 15.0 Å². The molecule has 0 aliphatic heterocycles. The fourth-order valence-corrected chi connectivity index (χ4v) is 1.86. The van der Waals surface area contributed by atoms with Crippen LogP contribution < -0.4 is 5.73 Å². The first-order valence-electron chi connectivity index (χ1n) is 5.88. The van der Waals surface area contributed by atoms with E-state index in [4.69, 9.17) is 10.5 Å². The molecule has 0 saturated heterocycles. The van der Waals surface area contributed by atoms with Crippen LogP contribution >= 0.6 is 0 Å². The number of nitrogens with zero attached hydrogens (tertiary/aromatic N) is 2. The van der Waals surface area contributed by atoms with E-state index in [2.05, 4.69) is 15.6 Å². The van der Waals surface area contributed by atoms with E-state index in [1.54, 1.807) is 0 Å². The molecule has 0 saturated carbocycles. The first-order valence-corrected chi connectivity index (χ1v) is 5.88. The molecule has 0 unspecified atom stereocenters. The summed E-state index contributed by atoms with van der Waals surface area (Å²) in [6, 6.07) is 6.09. The van der Waals surface area contributed by atoms with Gasteiger partial charge >= 0.3 is 0 Å². The Kier molecular flexibility index (Phi) is 3.45. The van der Waals surface area contributed by atoms with Gasteiger partial charge in [0.25, 0.3) is 0 Å². The second-order valence-electron chi connectivity index (χ2n) is 4.44. The number of aryl methyl sites for hydroxylation is 1. The molecule has 1 aromatic heterocycles. The van der Waals surface area contributed by atoms with Crippen molar-refractivity contribution in [2.24, 2.45) is 12.8 Å². The molecule has 0 bridgehead atoms. The molecule has 0 atom stereocenters. The summed E-state index contributed by atoms with van der Waals surface area (Å²) in [5, 5.41) is 0. The zero-order valence-corrected chi connectivity index (χ0v) is 10.6. The van der Waals surface area contributed by atoms with Crippen molar-refractivity contribution in [2.75, 3.05) is 0 Å². The van der Waals surface area contributed by atoms with Crippen molar-refractivity contribution < 1.29 is 4.74 Å². The number of aromatic nitrogens is 2. The molecule has 2 N–H and O–H groups in total. The number of rotatable bonds is 4. The molecule has 0 aliphatic rings. The van der Waals surface area contributed by atoms with E-state index in [-0.39, 0.29) is 6.10 Å². The molecule has 0 aliphatic carbocycles. The van der Waals surface area contributed by atoms with Crippen LogP contribution in [0.5, 0.6) is 0 Å². The maximum absolute atomic E-state index is 5.72. The van der Waals surface area contributed by atoms with Gasteiger partial charge in [0.2, 0.25) is 0 Å². The highest BCUT2D eigenvalue weighted by molar-refractivity contribution is 5.79. The first kappa shape index (κ1) is 12.1. The smallest absolute Gasteiger partial charge is 0.135 e. The Morgan fingerprint density at radius 1 is 1.41 bits per heavy atom. The molecular weight excluding hydrogens is 214 g/mol. The number of imidazole rings is 1. The molecular formula is C13H19N3O. The number of benzene rings is 1. The first-order chi connectivity index (χ1) is 8.13. The number of ether oxygens (including phenoxy) is 1. The van der Waals surface area contributed by atoms with Crippen molar-refractivity contribution >= 4 is 11.0 Å². The Morgan fingerprint density at radius 2 is 2.18 bits per heavy atom. The van der Waals surface area contributed by atoms with Gasteiger partial charge in [-0.1, -0.05) is 12.1 Å². The summed E-state index contributed by atoms with van der Waals surface area (Å²) in [5.74, 6) is 0.939. The Morgan fingerprint density at radius 3 is 2.82 bits per heavy atom. The van der Waals surface area contributed by atoms with Crippen molar-refractivity contribution in [3.8, 4) is 0 Å². The number of hydrogen-bond donors (Lipinski definition) is 1. The minimum atomic E-state index is 0.212. The molecule has 0 fully saturated rings. The minimum absolute atomic E-state index is 0.212. The lowest BCUT2D eigenvalue weighted by atomic mass is 10.2. The zero-order chi connectivity index (χ0) is 12.4. The van der Waals surface area contributed by atoms with E-state index >= 15 is 0 Å². The van der Waals surface area contributed by atoms with Gasteiger partial charge in [-0.05, 0) is 25.5 Å². The van der Waals surface area contributed by atoms with Gasteiger partial charge in [0, 0.05) is 13.6 Å². The topological polar surface area (TPSA) is 53.1 Å². The van der Waals surface area contributed by atoms with Gasteiger partial charge in [0.1, 0.15) is 12.4 Å².